The van der Waals surface area contributed by atoms with Crippen LogP contribution in [0.15, 0.2) is 35.7 Å². The maximum atomic E-state index is 12.0. The molecule has 6 heteroatoms. The van der Waals surface area contributed by atoms with Gasteiger partial charge in [0.15, 0.2) is 0 Å². The van der Waals surface area contributed by atoms with Gasteiger partial charge in [-0.1, -0.05) is 17.7 Å². The Morgan fingerprint density at radius 2 is 2.20 bits per heavy atom. The first-order valence-corrected chi connectivity index (χ1v) is 7.22. The minimum absolute atomic E-state index is 0.184. The summed E-state index contributed by atoms with van der Waals surface area (Å²) in [6, 6.07) is 8.72. The lowest BCUT2D eigenvalue weighted by Gasteiger charge is -2.10. The first-order valence-electron chi connectivity index (χ1n) is 5.97. The number of nitrogens with one attached hydrogen (secondary N) is 1. The van der Waals surface area contributed by atoms with Crippen molar-refractivity contribution in [3.8, 4) is 5.75 Å². The molecule has 0 aliphatic heterocycles. The van der Waals surface area contributed by atoms with Crippen LogP contribution in [-0.4, -0.2) is 26.2 Å². The van der Waals surface area contributed by atoms with Crippen molar-refractivity contribution in [1.82, 2.24) is 0 Å². The number of methoxy groups -OCH3 is 1. The predicted octanol–water partition coefficient (Wildman–Crippen LogP) is 3.68. The maximum Gasteiger partial charge on any atom is 0.265 e. The van der Waals surface area contributed by atoms with Gasteiger partial charge in [-0.2, -0.15) is 0 Å². The summed E-state index contributed by atoms with van der Waals surface area (Å²) in [5, 5.41) is 5.09. The Morgan fingerprint density at radius 3 is 2.90 bits per heavy atom. The van der Waals surface area contributed by atoms with Crippen LogP contribution in [0.3, 0.4) is 0 Å². The Hall–Kier alpha value is -1.56. The van der Waals surface area contributed by atoms with Gasteiger partial charge in [0.2, 0.25) is 0 Å². The van der Waals surface area contributed by atoms with Gasteiger partial charge in [-0.05, 0) is 23.6 Å². The van der Waals surface area contributed by atoms with E-state index in [1.54, 1.807) is 31.4 Å². The summed E-state index contributed by atoms with van der Waals surface area (Å²) in [5.41, 5.74) is 0.528. The molecule has 1 aromatic heterocycles. The van der Waals surface area contributed by atoms with E-state index in [0.717, 1.165) is 0 Å². The van der Waals surface area contributed by atoms with Crippen molar-refractivity contribution in [2.45, 2.75) is 0 Å². The smallest absolute Gasteiger partial charge is 0.265 e. The molecule has 4 nitrogen and oxygen atoms in total. The van der Waals surface area contributed by atoms with Crippen molar-refractivity contribution in [3.05, 3.63) is 45.6 Å². The summed E-state index contributed by atoms with van der Waals surface area (Å²) in [7, 11) is 1.61. The zero-order valence-electron chi connectivity index (χ0n) is 10.9. The second kappa shape index (κ2) is 7.28. The molecule has 1 amide bonds. The number of rotatable bonds is 6. The fourth-order valence-electron chi connectivity index (χ4n) is 1.52. The Kier molecular flexibility index (Phi) is 5.40. The molecule has 2 rings (SSSR count). The third-order valence-electron chi connectivity index (χ3n) is 2.49. The van der Waals surface area contributed by atoms with Crippen molar-refractivity contribution in [1.29, 1.82) is 0 Å². The van der Waals surface area contributed by atoms with Gasteiger partial charge < -0.3 is 14.8 Å². The maximum absolute atomic E-state index is 12.0. The molecule has 0 spiro atoms. The van der Waals surface area contributed by atoms with Gasteiger partial charge in [0, 0.05) is 13.2 Å². The number of carbonyl (C=O) groups is 1. The average Bonchev–Trinajstić information content (AvgIpc) is 2.97. The van der Waals surface area contributed by atoms with E-state index in [0.29, 0.717) is 34.6 Å². The summed E-state index contributed by atoms with van der Waals surface area (Å²) >= 11 is 7.45. The molecule has 0 fully saturated rings. The van der Waals surface area contributed by atoms with Crippen LogP contribution < -0.4 is 10.1 Å². The molecule has 106 valence electrons. The molecule has 0 unspecified atom stereocenters. The second-order valence-electron chi connectivity index (χ2n) is 3.91. The number of carbonyl (C=O) groups excluding carboxylic acids is 1. The van der Waals surface area contributed by atoms with Gasteiger partial charge in [-0.15, -0.1) is 11.3 Å². The van der Waals surface area contributed by atoms with Gasteiger partial charge in [0.05, 0.1) is 22.2 Å². The summed E-state index contributed by atoms with van der Waals surface area (Å²) in [6.45, 7) is 0.940. The third-order valence-corrected chi connectivity index (χ3v) is 3.69. The number of ether oxygens (including phenoxy) is 2. The SMILES string of the molecule is COCCOc1ccc(Cl)c(NC(=O)c2cccs2)c1. The standard InChI is InChI=1S/C14H14ClNO3S/c1-18-6-7-19-10-4-5-11(15)12(9-10)16-14(17)13-3-2-8-20-13/h2-5,8-9H,6-7H2,1H3,(H,16,17). The van der Waals surface area contributed by atoms with E-state index in [2.05, 4.69) is 5.32 Å². The molecule has 0 bridgehead atoms. The van der Waals surface area contributed by atoms with Crippen molar-refractivity contribution in [2.75, 3.05) is 25.6 Å². The molecule has 0 atom stereocenters. The van der Waals surface area contributed by atoms with E-state index in [9.17, 15) is 4.79 Å². The molecular formula is C14H14ClNO3S. The molecule has 1 N–H and O–H groups in total. The van der Waals surface area contributed by atoms with Gasteiger partial charge in [0.25, 0.3) is 5.91 Å². The Morgan fingerprint density at radius 1 is 1.35 bits per heavy atom. The molecule has 1 aromatic carbocycles. The van der Waals surface area contributed by atoms with Crippen LogP contribution in [0.2, 0.25) is 5.02 Å². The van der Waals surface area contributed by atoms with E-state index in [-0.39, 0.29) is 5.91 Å². The molecule has 2 aromatic rings. The van der Waals surface area contributed by atoms with E-state index in [4.69, 9.17) is 21.1 Å². The average molecular weight is 312 g/mol. The molecule has 0 saturated carbocycles. The lowest BCUT2D eigenvalue weighted by Crippen LogP contribution is -2.11. The Balaban J connectivity index is 2.06. The summed E-state index contributed by atoms with van der Waals surface area (Å²) in [6.07, 6.45) is 0. The molecular weight excluding hydrogens is 298 g/mol. The van der Waals surface area contributed by atoms with E-state index >= 15 is 0 Å². The van der Waals surface area contributed by atoms with Crippen LogP contribution in [0.1, 0.15) is 9.67 Å². The van der Waals surface area contributed by atoms with Crippen LogP contribution in [-0.2, 0) is 4.74 Å². The number of benzene rings is 1. The lowest BCUT2D eigenvalue weighted by molar-refractivity contribution is 0.103. The highest BCUT2D eigenvalue weighted by molar-refractivity contribution is 7.12. The van der Waals surface area contributed by atoms with Crippen LogP contribution in [0.5, 0.6) is 5.75 Å². The predicted molar refractivity (Wildman–Crippen MR) is 81.1 cm³/mol. The minimum atomic E-state index is -0.184. The molecule has 0 aliphatic carbocycles. The number of thiophene rings is 1. The number of amides is 1. The Bertz CT molecular complexity index is 572. The van der Waals surface area contributed by atoms with Crippen molar-refractivity contribution in [2.24, 2.45) is 0 Å². The molecule has 20 heavy (non-hydrogen) atoms. The molecule has 1 heterocycles. The zero-order valence-corrected chi connectivity index (χ0v) is 12.5. The first kappa shape index (κ1) is 14.8. The van der Waals surface area contributed by atoms with Gasteiger partial charge >= 0.3 is 0 Å². The summed E-state index contributed by atoms with van der Waals surface area (Å²) < 4.78 is 10.4. The summed E-state index contributed by atoms with van der Waals surface area (Å²) in [5.74, 6) is 0.448. The van der Waals surface area contributed by atoms with E-state index in [1.807, 2.05) is 11.4 Å². The fraction of sp³-hybridized carbons (Fsp3) is 0.214. The topological polar surface area (TPSA) is 47.6 Å². The largest absolute Gasteiger partial charge is 0.491 e. The van der Waals surface area contributed by atoms with Crippen LogP contribution >= 0.6 is 22.9 Å². The molecule has 0 saturated heterocycles. The van der Waals surface area contributed by atoms with Crippen molar-refractivity contribution >= 4 is 34.5 Å². The second-order valence-corrected chi connectivity index (χ2v) is 5.27. The quantitative estimate of drug-likeness (QED) is 0.828. The highest BCUT2D eigenvalue weighted by Gasteiger charge is 2.10. The number of hydrogen-bond acceptors (Lipinski definition) is 4. The highest BCUT2D eigenvalue weighted by Crippen LogP contribution is 2.27. The third kappa shape index (κ3) is 3.96. The van der Waals surface area contributed by atoms with Gasteiger partial charge in [-0.25, -0.2) is 0 Å². The van der Waals surface area contributed by atoms with E-state index in [1.165, 1.54) is 11.3 Å². The minimum Gasteiger partial charge on any atom is -0.491 e. The van der Waals surface area contributed by atoms with Crippen LogP contribution in [0.4, 0.5) is 5.69 Å². The number of anilines is 1. The number of halogens is 1. The number of hydrogen-bond donors (Lipinski definition) is 1. The molecule has 0 radical (unpaired) electrons. The zero-order chi connectivity index (χ0) is 14.4. The van der Waals surface area contributed by atoms with Crippen LogP contribution in [0, 0.1) is 0 Å². The van der Waals surface area contributed by atoms with Gasteiger partial charge in [-0.3, -0.25) is 4.79 Å². The molecule has 0 aliphatic rings. The highest BCUT2D eigenvalue weighted by atomic mass is 35.5. The van der Waals surface area contributed by atoms with Crippen molar-refractivity contribution in [3.63, 3.8) is 0 Å². The normalized spacial score (nSPS) is 10.3. The Labute approximate surface area is 126 Å². The van der Waals surface area contributed by atoms with Crippen molar-refractivity contribution < 1.29 is 14.3 Å². The fourth-order valence-corrected chi connectivity index (χ4v) is 2.31. The first-order chi connectivity index (χ1) is 9.70. The summed E-state index contributed by atoms with van der Waals surface area (Å²) in [4.78, 5) is 12.6. The van der Waals surface area contributed by atoms with Gasteiger partial charge in [0.1, 0.15) is 12.4 Å². The lowest BCUT2D eigenvalue weighted by atomic mass is 10.3. The van der Waals surface area contributed by atoms with E-state index < -0.39 is 0 Å². The van der Waals surface area contributed by atoms with Crippen LogP contribution in [0.25, 0.3) is 0 Å². The monoisotopic (exact) mass is 311 g/mol.